The molecule has 0 bridgehead atoms. The van der Waals surface area contributed by atoms with Crippen molar-refractivity contribution < 1.29 is 9.53 Å². The number of benzene rings is 3. The summed E-state index contributed by atoms with van der Waals surface area (Å²) in [4.78, 5) is 15.2. The van der Waals surface area contributed by atoms with Crippen LogP contribution in [0, 0.1) is 0 Å². The Balaban J connectivity index is 1.74. The molecule has 2 amide bonds. The molecule has 32 heavy (non-hydrogen) atoms. The van der Waals surface area contributed by atoms with Gasteiger partial charge >= 0.3 is 6.03 Å². The Morgan fingerprint density at radius 3 is 2.38 bits per heavy atom. The Bertz CT molecular complexity index is 1120. The van der Waals surface area contributed by atoms with Crippen LogP contribution in [0.25, 0.3) is 0 Å². The lowest BCUT2D eigenvalue weighted by molar-refractivity contribution is 0.173. The largest absolute Gasteiger partial charge is 0.364 e. The van der Waals surface area contributed by atoms with E-state index in [1.54, 1.807) is 12.0 Å². The van der Waals surface area contributed by atoms with Crippen molar-refractivity contribution in [3.05, 3.63) is 99.5 Å². The normalized spacial score (nSPS) is 17.9. The molecule has 1 unspecified atom stereocenters. The summed E-state index contributed by atoms with van der Waals surface area (Å²) in [5.74, 6) is 0. The van der Waals surface area contributed by atoms with Gasteiger partial charge in [-0.2, -0.15) is 5.10 Å². The predicted octanol–water partition coefficient (Wildman–Crippen LogP) is 6.31. The summed E-state index contributed by atoms with van der Waals surface area (Å²) in [5.41, 5.74) is 3.09. The first-order chi connectivity index (χ1) is 15.4. The number of amides is 2. The summed E-state index contributed by atoms with van der Waals surface area (Å²) in [6.07, 6.45) is 0. The zero-order chi connectivity index (χ0) is 22.7. The zero-order valence-corrected chi connectivity index (χ0v) is 20.2. The molecule has 4 rings (SSSR count). The van der Waals surface area contributed by atoms with Gasteiger partial charge in [-0.1, -0.05) is 70.0 Å². The molecule has 7 heteroatoms. The molecule has 1 atom stereocenters. The molecule has 164 valence electrons. The van der Waals surface area contributed by atoms with Gasteiger partial charge in [0.1, 0.15) is 6.73 Å². The number of hydrazone groups is 1. The third-order valence-electron chi connectivity index (χ3n) is 5.59. The van der Waals surface area contributed by atoms with Crippen LogP contribution in [-0.2, 0) is 10.2 Å². The monoisotopic (exact) mass is 511 g/mol. The number of rotatable bonds is 5. The Kier molecular flexibility index (Phi) is 6.65. The number of urea groups is 1. The fraction of sp³-hybridized carbons (Fsp3) is 0.200. The van der Waals surface area contributed by atoms with E-state index in [1.807, 2.05) is 66.7 Å². The minimum Gasteiger partial charge on any atom is -0.364 e. The molecule has 1 aliphatic heterocycles. The van der Waals surface area contributed by atoms with Crippen molar-refractivity contribution in [3.63, 3.8) is 0 Å². The molecule has 0 N–H and O–H groups in total. The van der Waals surface area contributed by atoms with E-state index in [2.05, 4.69) is 35.0 Å². The number of nitrogens with zero attached hydrogens (tertiary/aromatic N) is 3. The lowest BCUT2D eigenvalue weighted by atomic mass is 9.76. The van der Waals surface area contributed by atoms with Gasteiger partial charge in [0.05, 0.1) is 17.7 Å². The van der Waals surface area contributed by atoms with E-state index >= 15 is 0 Å². The fourth-order valence-electron chi connectivity index (χ4n) is 3.90. The van der Waals surface area contributed by atoms with Gasteiger partial charge in [0.25, 0.3) is 0 Å². The van der Waals surface area contributed by atoms with Crippen molar-refractivity contribution in [3.8, 4) is 0 Å². The second-order valence-corrected chi connectivity index (χ2v) is 9.17. The lowest BCUT2D eigenvalue weighted by Gasteiger charge is -2.29. The van der Waals surface area contributed by atoms with Crippen LogP contribution >= 0.6 is 27.5 Å². The maximum absolute atomic E-state index is 13.6. The SMILES string of the molecule is COCN(C(=O)N1CC(C)(c2ccccc2)C(c2ccc(Cl)cc2)=N1)c1ccc(Br)cc1. The van der Waals surface area contributed by atoms with Gasteiger partial charge < -0.3 is 4.74 Å². The van der Waals surface area contributed by atoms with Gasteiger partial charge in [-0.05, 0) is 54.4 Å². The third kappa shape index (κ3) is 4.44. The van der Waals surface area contributed by atoms with Crippen molar-refractivity contribution in [2.45, 2.75) is 12.3 Å². The van der Waals surface area contributed by atoms with E-state index in [4.69, 9.17) is 21.4 Å². The average molecular weight is 513 g/mol. The highest BCUT2D eigenvalue weighted by Gasteiger charge is 2.43. The second kappa shape index (κ2) is 9.45. The van der Waals surface area contributed by atoms with Gasteiger partial charge in [0.15, 0.2) is 0 Å². The van der Waals surface area contributed by atoms with E-state index in [9.17, 15) is 4.79 Å². The number of halogens is 2. The topological polar surface area (TPSA) is 45.1 Å². The summed E-state index contributed by atoms with van der Waals surface area (Å²) >= 11 is 9.55. The number of hydrogen-bond donors (Lipinski definition) is 0. The first-order valence-corrected chi connectivity index (χ1v) is 11.3. The number of hydrogen-bond acceptors (Lipinski definition) is 3. The predicted molar refractivity (Wildman–Crippen MR) is 132 cm³/mol. The number of ether oxygens (including phenoxy) is 1. The lowest BCUT2D eigenvalue weighted by Crippen LogP contribution is -2.44. The van der Waals surface area contributed by atoms with E-state index in [1.165, 1.54) is 5.01 Å². The molecule has 1 heterocycles. The van der Waals surface area contributed by atoms with Crippen LogP contribution in [0.4, 0.5) is 10.5 Å². The summed E-state index contributed by atoms with van der Waals surface area (Å²) in [6.45, 7) is 2.64. The van der Waals surface area contributed by atoms with E-state index in [0.717, 1.165) is 27.0 Å². The van der Waals surface area contributed by atoms with Gasteiger partial charge in [0.2, 0.25) is 0 Å². The highest BCUT2D eigenvalue weighted by Crippen LogP contribution is 2.36. The summed E-state index contributed by atoms with van der Waals surface area (Å²) in [5, 5.41) is 7.00. The fourth-order valence-corrected chi connectivity index (χ4v) is 4.29. The quantitative estimate of drug-likeness (QED) is 0.376. The molecule has 0 spiro atoms. The van der Waals surface area contributed by atoms with Crippen molar-refractivity contribution in [1.29, 1.82) is 0 Å². The van der Waals surface area contributed by atoms with Crippen molar-refractivity contribution in [2.24, 2.45) is 5.10 Å². The summed E-state index contributed by atoms with van der Waals surface area (Å²) in [6, 6.07) is 25.0. The van der Waals surface area contributed by atoms with Crippen LogP contribution in [0.15, 0.2) is 88.4 Å². The minimum atomic E-state index is -0.483. The summed E-state index contributed by atoms with van der Waals surface area (Å²) < 4.78 is 6.27. The van der Waals surface area contributed by atoms with Crippen LogP contribution < -0.4 is 4.90 Å². The molecule has 5 nitrogen and oxygen atoms in total. The van der Waals surface area contributed by atoms with Crippen molar-refractivity contribution in [2.75, 3.05) is 25.3 Å². The smallest absolute Gasteiger partial charge is 0.346 e. The molecule has 0 fully saturated rings. The minimum absolute atomic E-state index is 0.116. The second-order valence-electron chi connectivity index (χ2n) is 7.82. The summed E-state index contributed by atoms with van der Waals surface area (Å²) in [7, 11) is 1.57. The molecule has 3 aromatic carbocycles. The standard InChI is InChI=1S/C25H23BrClN3O2/c1-25(19-6-4-3-5-7-19)16-30(28-23(25)18-8-12-21(27)13-9-18)24(31)29(17-32-2)22-14-10-20(26)11-15-22/h3-15H,16-17H2,1-2H3. The van der Waals surface area contributed by atoms with E-state index in [0.29, 0.717) is 11.6 Å². The van der Waals surface area contributed by atoms with E-state index < -0.39 is 5.41 Å². The van der Waals surface area contributed by atoms with Crippen LogP contribution in [0.1, 0.15) is 18.1 Å². The van der Waals surface area contributed by atoms with Gasteiger partial charge in [-0.3, -0.25) is 4.90 Å². The van der Waals surface area contributed by atoms with Gasteiger partial charge in [-0.15, -0.1) is 0 Å². The molecule has 3 aromatic rings. The van der Waals surface area contributed by atoms with Crippen LogP contribution in [-0.4, -0.2) is 37.1 Å². The Hall–Kier alpha value is -2.67. The number of methoxy groups -OCH3 is 1. The third-order valence-corrected chi connectivity index (χ3v) is 6.37. The molecule has 0 saturated carbocycles. The van der Waals surface area contributed by atoms with Crippen molar-refractivity contribution >= 4 is 45.0 Å². The average Bonchev–Trinajstić information content (AvgIpc) is 3.17. The highest BCUT2D eigenvalue weighted by atomic mass is 79.9. The number of carbonyl (C=O) groups is 1. The maximum Gasteiger partial charge on any atom is 0.346 e. The molecule has 0 saturated heterocycles. The first-order valence-electron chi connectivity index (χ1n) is 10.2. The molecule has 0 aliphatic carbocycles. The molecule has 0 radical (unpaired) electrons. The van der Waals surface area contributed by atoms with Gasteiger partial charge in [-0.25, -0.2) is 9.80 Å². The zero-order valence-electron chi connectivity index (χ0n) is 17.8. The molecular weight excluding hydrogens is 490 g/mol. The Labute approximate surface area is 201 Å². The van der Waals surface area contributed by atoms with Crippen LogP contribution in [0.3, 0.4) is 0 Å². The first kappa shape index (κ1) is 22.5. The highest BCUT2D eigenvalue weighted by molar-refractivity contribution is 9.10. The Morgan fingerprint density at radius 1 is 1.09 bits per heavy atom. The van der Waals surface area contributed by atoms with Crippen LogP contribution in [0.5, 0.6) is 0 Å². The number of carbonyl (C=O) groups excluding carboxylic acids is 1. The molecule has 1 aliphatic rings. The molecule has 0 aromatic heterocycles. The van der Waals surface area contributed by atoms with Crippen molar-refractivity contribution in [1.82, 2.24) is 5.01 Å². The van der Waals surface area contributed by atoms with Gasteiger partial charge in [0, 0.05) is 22.3 Å². The maximum atomic E-state index is 13.6. The Morgan fingerprint density at radius 2 is 1.75 bits per heavy atom. The number of anilines is 1. The molecular formula is C25H23BrClN3O2. The van der Waals surface area contributed by atoms with Crippen LogP contribution in [0.2, 0.25) is 5.02 Å². The van der Waals surface area contributed by atoms with E-state index in [-0.39, 0.29) is 12.8 Å².